The quantitative estimate of drug-likeness (QED) is 0.0963. The van der Waals surface area contributed by atoms with Crippen LogP contribution in [0, 0.1) is 5.41 Å². The molecule has 4 aromatic rings. The summed E-state index contributed by atoms with van der Waals surface area (Å²) < 4.78 is 7.40. The van der Waals surface area contributed by atoms with Crippen molar-refractivity contribution in [2.45, 2.75) is 70.5 Å². The average molecular weight is 673 g/mol. The third-order valence-corrected chi connectivity index (χ3v) is 15.1. The Morgan fingerprint density at radius 2 is 1.46 bits per heavy atom. The number of hydrogen-bond acceptors (Lipinski definition) is 3. The molecular formula is C39H43Cl2NO3Si. The second kappa shape index (κ2) is 13.9. The maximum atomic E-state index is 14.6. The van der Waals surface area contributed by atoms with E-state index in [1.807, 2.05) is 65.6 Å². The molecule has 240 valence electrons. The maximum Gasteiger partial charge on any atom is 0.261 e. The Morgan fingerprint density at radius 1 is 0.870 bits per heavy atom. The summed E-state index contributed by atoms with van der Waals surface area (Å²) in [5, 5.41) is 3.37. The van der Waals surface area contributed by atoms with E-state index in [4.69, 9.17) is 27.6 Å². The molecule has 1 amide bonds. The molecule has 0 spiro atoms. The number of carbonyl (C=O) groups excluding carboxylic acids is 2. The Kier molecular flexibility index (Phi) is 10.3. The summed E-state index contributed by atoms with van der Waals surface area (Å²) in [4.78, 5) is 29.4. The fourth-order valence-corrected chi connectivity index (χ4v) is 12.2. The normalized spacial score (nSPS) is 21.2. The van der Waals surface area contributed by atoms with Crippen molar-refractivity contribution in [1.29, 1.82) is 0 Å². The topological polar surface area (TPSA) is 46.6 Å². The molecule has 1 fully saturated rings. The number of amides is 1. The summed E-state index contributed by atoms with van der Waals surface area (Å²) in [6.45, 7) is 10.9. The lowest BCUT2D eigenvalue weighted by molar-refractivity contribution is -0.157. The highest BCUT2D eigenvalue weighted by atomic mass is 35.5. The predicted octanol–water partition coefficient (Wildman–Crippen LogP) is 8.61. The van der Waals surface area contributed by atoms with Crippen LogP contribution in [0.5, 0.6) is 0 Å². The number of carbonyl (C=O) groups is 2. The zero-order valence-electron chi connectivity index (χ0n) is 27.3. The molecule has 1 aliphatic rings. The van der Waals surface area contributed by atoms with Crippen molar-refractivity contribution in [3.8, 4) is 0 Å². The van der Waals surface area contributed by atoms with Gasteiger partial charge >= 0.3 is 0 Å². The van der Waals surface area contributed by atoms with Crippen molar-refractivity contribution < 1.29 is 14.0 Å². The van der Waals surface area contributed by atoms with Gasteiger partial charge in [-0.15, -0.1) is 0 Å². The summed E-state index contributed by atoms with van der Waals surface area (Å²) in [7, 11) is -2.90. The first kappa shape index (κ1) is 34.1. The van der Waals surface area contributed by atoms with Gasteiger partial charge in [0.25, 0.3) is 8.32 Å². The Balaban J connectivity index is 1.66. The van der Waals surface area contributed by atoms with Crippen molar-refractivity contribution >= 4 is 54.1 Å². The molecule has 1 saturated heterocycles. The molecule has 0 bridgehead atoms. The number of benzene rings is 4. The van der Waals surface area contributed by atoms with Gasteiger partial charge < -0.3 is 14.1 Å². The summed E-state index contributed by atoms with van der Waals surface area (Å²) in [5.41, 5.74) is 0.737. The third-order valence-electron chi connectivity index (χ3n) is 9.57. The van der Waals surface area contributed by atoms with Crippen molar-refractivity contribution in [3.63, 3.8) is 0 Å². The summed E-state index contributed by atoms with van der Waals surface area (Å²) >= 11 is 12.9. The molecule has 0 aromatic heterocycles. The monoisotopic (exact) mass is 671 g/mol. The molecular weight excluding hydrogens is 629 g/mol. The minimum atomic E-state index is -2.90. The van der Waals surface area contributed by atoms with Crippen LogP contribution in [0.3, 0.4) is 0 Å². The van der Waals surface area contributed by atoms with Gasteiger partial charge in [0.05, 0.1) is 18.7 Å². The molecule has 0 saturated carbocycles. The molecule has 0 radical (unpaired) electrons. The highest BCUT2D eigenvalue weighted by Crippen LogP contribution is 2.50. The average Bonchev–Trinajstić information content (AvgIpc) is 3.05. The van der Waals surface area contributed by atoms with Crippen LogP contribution in [-0.2, 0) is 14.0 Å². The molecule has 46 heavy (non-hydrogen) atoms. The molecule has 4 aromatic carbocycles. The molecule has 1 heterocycles. The minimum Gasteiger partial charge on any atom is -0.405 e. The molecule has 7 heteroatoms. The number of rotatable bonds is 10. The van der Waals surface area contributed by atoms with Crippen molar-refractivity contribution in [3.05, 3.63) is 130 Å². The van der Waals surface area contributed by atoms with Gasteiger partial charge in [0, 0.05) is 16.0 Å². The molecule has 0 N–H and O–H groups in total. The smallest absolute Gasteiger partial charge is 0.261 e. The van der Waals surface area contributed by atoms with E-state index in [0.29, 0.717) is 29.5 Å². The van der Waals surface area contributed by atoms with E-state index < -0.39 is 13.7 Å². The van der Waals surface area contributed by atoms with E-state index in [0.717, 1.165) is 17.4 Å². The third kappa shape index (κ3) is 6.48. The second-order valence-electron chi connectivity index (χ2n) is 13.6. The number of aldehydes is 1. The van der Waals surface area contributed by atoms with E-state index in [2.05, 4.69) is 76.2 Å². The van der Waals surface area contributed by atoms with Crippen LogP contribution in [0.15, 0.2) is 109 Å². The molecule has 5 rings (SSSR count). The van der Waals surface area contributed by atoms with Gasteiger partial charge in [-0.05, 0) is 70.6 Å². The van der Waals surface area contributed by atoms with Crippen LogP contribution in [0.1, 0.15) is 70.5 Å². The zero-order chi connectivity index (χ0) is 33.1. The van der Waals surface area contributed by atoms with Gasteiger partial charge in [0.15, 0.2) is 0 Å². The van der Waals surface area contributed by atoms with Gasteiger partial charge in [0.2, 0.25) is 5.91 Å². The lowest BCUT2D eigenvalue weighted by Gasteiger charge is -2.51. The van der Waals surface area contributed by atoms with Crippen molar-refractivity contribution in [1.82, 2.24) is 4.90 Å². The van der Waals surface area contributed by atoms with Gasteiger partial charge in [-0.1, -0.05) is 136 Å². The summed E-state index contributed by atoms with van der Waals surface area (Å²) in [5.74, 6) is -0.367. The van der Waals surface area contributed by atoms with E-state index >= 15 is 0 Å². The van der Waals surface area contributed by atoms with Gasteiger partial charge in [-0.3, -0.25) is 4.79 Å². The van der Waals surface area contributed by atoms with Gasteiger partial charge in [-0.2, -0.15) is 0 Å². The fraction of sp³-hybridized carbons (Fsp3) is 0.333. The van der Waals surface area contributed by atoms with Crippen LogP contribution in [0.2, 0.25) is 15.1 Å². The van der Waals surface area contributed by atoms with Crippen LogP contribution in [0.4, 0.5) is 0 Å². The van der Waals surface area contributed by atoms with Gasteiger partial charge in [-0.25, -0.2) is 0 Å². The Morgan fingerprint density at radius 3 is 1.96 bits per heavy atom. The summed E-state index contributed by atoms with van der Waals surface area (Å²) in [6, 6.07) is 35.9. The van der Waals surface area contributed by atoms with Crippen LogP contribution in [0.25, 0.3) is 0 Å². The van der Waals surface area contributed by atoms with Crippen LogP contribution < -0.4 is 10.4 Å². The first-order chi connectivity index (χ1) is 21.9. The van der Waals surface area contributed by atoms with Crippen molar-refractivity contribution in [2.75, 3.05) is 6.61 Å². The number of likely N-dealkylation sites (tertiary alicyclic amines) is 1. The number of nitrogens with zero attached hydrogens (tertiary/aromatic N) is 1. The largest absolute Gasteiger partial charge is 0.405 e. The Bertz CT molecular complexity index is 1600. The van der Waals surface area contributed by atoms with Crippen LogP contribution >= 0.6 is 23.2 Å². The van der Waals surface area contributed by atoms with Crippen LogP contribution in [-0.4, -0.2) is 38.1 Å². The minimum absolute atomic E-state index is 0.182. The number of hydrogen-bond donors (Lipinski definition) is 0. The lowest BCUT2D eigenvalue weighted by Crippen LogP contribution is -2.68. The Hall–Kier alpha value is -3.22. The highest BCUT2D eigenvalue weighted by molar-refractivity contribution is 6.99. The first-order valence-corrected chi connectivity index (χ1v) is 18.7. The first-order valence-electron chi connectivity index (χ1n) is 16.0. The number of halogens is 2. The SMILES string of the molecule is CCC(CO[Si](c1ccccc1)(c1ccccc1)C(C)(C)C)N1C(=O)[C@@](C)(C=O)CC(c2cccc(Cl)c2)[C@H]1c1ccc(Cl)cc1. The maximum absolute atomic E-state index is 14.6. The Labute approximate surface area is 284 Å². The second-order valence-corrected chi connectivity index (χ2v) is 18.8. The standard InChI is InChI=1S/C39H43Cl2NO3Si/c1-6-32(26-45-46(38(2,3)4,33-16-9-7-10-17-33)34-18-11-8-12-19-34)42-36(28-20-22-30(40)23-21-28)35(25-39(5,27-43)37(42)44)29-14-13-15-31(41)24-29/h7-24,27,32,35-36H,6,25-26H2,1-5H3/t32?,35?,36-,39-/m1/s1. The highest BCUT2D eigenvalue weighted by Gasteiger charge is 2.54. The van der Waals surface area contributed by atoms with E-state index in [-0.39, 0.29) is 28.9 Å². The fourth-order valence-electron chi connectivity index (χ4n) is 7.23. The van der Waals surface area contributed by atoms with E-state index in [1.165, 1.54) is 10.4 Å². The number of piperidine rings is 1. The van der Waals surface area contributed by atoms with Gasteiger partial charge in [0.1, 0.15) is 11.7 Å². The molecule has 4 nitrogen and oxygen atoms in total. The molecule has 4 atom stereocenters. The predicted molar refractivity (Wildman–Crippen MR) is 192 cm³/mol. The lowest BCUT2D eigenvalue weighted by atomic mass is 9.69. The zero-order valence-corrected chi connectivity index (χ0v) is 29.8. The van der Waals surface area contributed by atoms with E-state index in [1.54, 1.807) is 6.92 Å². The van der Waals surface area contributed by atoms with E-state index in [9.17, 15) is 9.59 Å². The molecule has 0 aliphatic carbocycles. The summed E-state index contributed by atoms with van der Waals surface area (Å²) in [6.07, 6.45) is 1.84. The molecule has 2 unspecified atom stereocenters. The van der Waals surface area contributed by atoms with Crippen molar-refractivity contribution in [2.24, 2.45) is 5.41 Å². The molecule has 1 aliphatic heterocycles.